The van der Waals surface area contributed by atoms with Crippen molar-refractivity contribution in [3.8, 4) is 0 Å². The summed E-state index contributed by atoms with van der Waals surface area (Å²) in [6.45, 7) is 2.29. The van der Waals surface area contributed by atoms with Gasteiger partial charge in [0, 0.05) is 12.4 Å². The highest BCUT2D eigenvalue weighted by atomic mass is 127. The molecule has 0 spiro atoms. The first kappa shape index (κ1) is 23.9. The molecule has 0 aliphatic rings. The highest BCUT2D eigenvalue weighted by Crippen LogP contribution is 2.14. The van der Waals surface area contributed by atoms with Crippen LogP contribution >= 0.6 is 24.0 Å². The number of pyridine rings is 1. The van der Waals surface area contributed by atoms with Crippen molar-refractivity contribution in [2.24, 2.45) is 0 Å². The van der Waals surface area contributed by atoms with Crippen LogP contribution in [0.2, 0.25) is 0 Å². The van der Waals surface area contributed by atoms with Crippen LogP contribution in [0.15, 0.2) is 24.5 Å². The quantitative estimate of drug-likeness (QED) is 0.185. The first-order valence-electron chi connectivity index (χ1n) is 10.3. The summed E-state index contributed by atoms with van der Waals surface area (Å²) < 4.78 is 0. The number of unbranched alkanes of at least 4 members (excludes halogenated alkanes) is 14. The van der Waals surface area contributed by atoms with Crippen LogP contribution in [0.4, 0.5) is 0 Å². The van der Waals surface area contributed by atoms with Gasteiger partial charge in [-0.05, 0) is 30.5 Å². The topological polar surface area (TPSA) is 12.9 Å². The molecule has 0 atom stereocenters. The van der Waals surface area contributed by atoms with Gasteiger partial charge in [-0.1, -0.05) is 96.8 Å². The number of aromatic nitrogens is 1. The highest BCUT2D eigenvalue weighted by Gasteiger charge is 1.95. The van der Waals surface area contributed by atoms with Crippen molar-refractivity contribution in [2.75, 3.05) is 0 Å². The molecule has 140 valence electrons. The maximum absolute atomic E-state index is 4.07. The van der Waals surface area contributed by atoms with Crippen LogP contribution in [0.5, 0.6) is 0 Å². The zero-order valence-electron chi connectivity index (χ0n) is 16.0. The molecule has 0 bridgehead atoms. The molecule has 0 N–H and O–H groups in total. The largest absolute Gasteiger partial charge is 0.265 e. The van der Waals surface area contributed by atoms with Gasteiger partial charge in [0.15, 0.2) is 0 Å². The molecule has 0 fully saturated rings. The lowest BCUT2D eigenvalue weighted by molar-refractivity contribution is 0.532. The molecule has 0 unspecified atom stereocenters. The van der Waals surface area contributed by atoms with Gasteiger partial charge in [0.2, 0.25) is 0 Å². The van der Waals surface area contributed by atoms with Crippen LogP contribution in [-0.4, -0.2) is 4.98 Å². The molecule has 1 heterocycles. The average Bonchev–Trinajstić information content (AvgIpc) is 2.59. The number of halogens is 1. The van der Waals surface area contributed by atoms with Crippen LogP contribution in [0, 0.1) is 0 Å². The third-order valence-electron chi connectivity index (χ3n) is 4.82. The summed E-state index contributed by atoms with van der Waals surface area (Å²) in [4.78, 5) is 4.07. The van der Waals surface area contributed by atoms with Crippen molar-refractivity contribution in [3.63, 3.8) is 0 Å². The van der Waals surface area contributed by atoms with Crippen LogP contribution in [0.1, 0.15) is 109 Å². The lowest BCUT2D eigenvalue weighted by Crippen LogP contribution is -1.87. The Balaban J connectivity index is 0.00000529. The van der Waals surface area contributed by atoms with Crippen molar-refractivity contribution in [3.05, 3.63) is 30.1 Å². The predicted molar refractivity (Wildman–Crippen MR) is 118 cm³/mol. The molecule has 1 rings (SSSR count). The standard InChI is InChI=1S/C22H39N.HI/c1-2-3-4-5-6-7-8-9-10-11-12-13-14-15-16-17-22-18-20-23-21-19-22;/h18-21H,2-17H2,1H3;1H. The minimum atomic E-state index is 0. The van der Waals surface area contributed by atoms with E-state index in [1.165, 1.54) is 108 Å². The molecule has 1 aromatic rings. The molecule has 1 nitrogen and oxygen atoms in total. The smallest absolute Gasteiger partial charge is 0.0270 e. The summed E-state index contributed by atoms with van der Waals surface area (Å²) in [5.74, 6) is 0. The third-order valence-corrected chi connectivity index (χ3v) is 4.82. The van der Waals surface area contributed by atoms with Crippen LogP contribution in [-0.2, 0) is 6.42 Å². The molecule has 0 aliphatic carbocycles. The zero-order valence-corrected chi connectivity index (χ0v) is 18.3. The number of nitrogens with zero attached hydrogens (tertiary/aromatic N) is 1. The maximum atomic E-state index is 4.07. The fraction of sp³-hybridized carbons (Fsp3) is 0.773. The Labute approximate surface area is 168 Å². The molecule has 0 amide bonds. The van der Waals surface area contributed by atoms with E-state index in [0.29, 0.717) is 0 Å². The monoisotopic (exact) mass is 445 g/mol. The fourth-order valence-electron chi connectivity index (χ4n) is 3.25. The van der Waals surface area contributed by atoms with Gasteiger partial charge in [0.1, 0.15) is 0 Å². The van der Waals surface area contributed by atoms with E-state index in [0.717, 1.165) is 0 Å². The Morgan fingerprint density at radius 2 is 0.958 bits per heavy atom. The van der Waals surface area contributed by atoms with Gasteiger partial charge >= 0.3 is 0 Å². The Morgan fingerprint density at radius 1 is 0.583 bits per heavy atom. The number of aryl methyl sites for hydroxylation is 1. The van der Waals surface area contributed by atoms with Crippen molar-refractivity contribution in [1.82, 2.24) is 4.98 Å². The predicted octanol–water partition coefficient (Wildman–Crippen LogP) is 8.11. The van der Waals surface area contributed by atoms with Crippen molar-refractivity contribution >= 4 is 24.0 Å². The lowest BCUT2D eigenvalue weighted by Gasteiger charge is -2.03. The van der Waals surface area contributed by atoms with E-state index in [-0.39, 0.29) is 24.0 Å². The Bertz CT molecular complexity index is 339. The van der Waals surface area contributed by atoms with Crippen LogP contribution in [0.25, 0.3) is 0 Å². The second kappa shape index (κ2) is 19.2. The molecular weight excluding hydrogens is 405 g/mol. The average molecular weight is 445 g/mol. The Hall–Kier alpha value is -0.120. The third kappa shape index (κ3) is 15.4. The maximum Gasteiger partial charge on any atom is 0.0270 e. The van der Waals surface area contributed by atoms with Crippen molar-refractivity contribution < 1.29 is 0 Å². The summed E-state index contributed by atoms with van der Waals surface area (Å²) in [6, 6.07) is 4.29. The Morgan fingerprint density at radius 3 is 1.38 bits per heavy atom. The van der Waals surface area contributed by atoms with E-state index in [9.17, 15) is 0 Å². The number of rotatable bonds is 16. The normalized spacial score (nSPS) is 10.5. The van der Waals surface area contributed by atoms with Crippen LogP contribution < -0.4 is 0 Å². The van der Waals surface area contributed by atoms with Gasteiger partial charge in [-0.2, -0.15) is 0 Å². The minimum absolute atomic E-state index is 0. The van der Waals surface area contributed by atoms with Gasteiger partial charge in [0.05, 0.1) is 0 Å². The molecule has 24 heavy (non-hydrogen) atoms. The molecule has 0 saturated heterocycles. The minimum Gasteiger partial charge on any atom is -0.265 e. The zero-order chi connectivity index (χ0) is 16.4. The second-order valence-corrected chi connectivity index (χ2v) is 7.06. The summed E-state index contributed by atoms with van der Waals surface area (Å²) in [5, 5.41) is 0. The van der Waals surface area contributed by atoms with E-state index >= 15 is 0 Å². The molecule has 0 radical (unpaired) electrons. The van der Waals surface area contributed by atoms with Gasteiger partial charge in [-0.25, -0.2) is 0 Å². The van der Waals surface area contributed by atoms with Crippen LogP contribution in [0.3, 0.4) is 0 Å². The summed E-state index contributed by atoms with van der Waals surface area (Å²) >= 11 is 0. The first-order chi connectivity index (χ1) is 11.4. The Kier molecular flexibility index (Phi) is 19.1. The lowest BCUT2D eigenvalue weighted by atomic mass is 10.0. The highest BCUT2D eigenvalue weighted by molar-refractivity contribution is 14.0. The van der Waals surface area contributed by atoms with E-state index in [2.05, 4.69) is 24.0 Å². The number of hydrogen-bond acceptors (Lipinski definition) is 1. The first-order valence-corrected chi connectivity index (χ1v) is 10.3. The van der Waals surface area contributed by atoms with Crippen molar-refractivity contribution in [1.29, 1.82) is 0 Å². The molecule has 0 saturated carbocycles. The fourth-order valence-corrected chi connectivity index (χ4v) is 3.25. The van der Waals surface area contributed by atoms with Gasteiger partial charge in [-0.15, -0.1) is 24.0 Å². The second-order valence-electron chi connectivity index (χ2n) is 7.06. The van der Waals surface area contributed by atoms with Gasteiger partial charge in [-0.3, -0.25) is 4.98 Å². The molecule has 1 aromatic heterocycles. The van der Waals surface area contributed by atoms with Gasteiger partial charge < -0.3 is 0 Å². The van der Waals surface area contributed by atoms with E-state index in [1.807, 2.05) is 12.4 Å². The van der Waals surface area contributed by atoms with E-state index in [4.69, 9.17) is 0 Å². The van der Waals surface area contributed by atoms with Crippen molar-refractivity contribution in [2.45, 2.75) is 110 Å². The number of hydrogen-bond donors (Lipinski definition) is 0. The molecule has 0 aromatic carbocycles. The van der Waals surface area contributed by atoms with E-state index < -0.39 is 0 Å². The molecular formula is C22H40IN. The summed E-state index contributed by atoms with van der Waals surface area (Å²) in [5.41, 5.74) is 1.44. The molecule has 0 aliphatic heterocycles. The summed E-state index contributed by atoms with van der Waals surface area (Å²) in [6.07, 6.45) is 26.6. The van der Waals surface area contributed by atoms with E-state index in [1.54, 1.807) is 0 Å². The SMILES string of the molecule is CCCCCCCCCCCCCCCCCc1ccncc1.I. The molecule has 2 heteroatoms. The van der Waals surface area contributed by atoms with Gasteiger partial charge in [0.25, 0.3) is 0 Å². The summed E-state index contributed by atoms with van der Waals surface area (Å²) in [7, 11) is 0.